The fourth-order valence-electron chi connectivity index (χ4n) is 2.32. The van der Waals surface area contributed by atoms with E-state index in [1.165, 1.54) is 24.3 Å². The summed E-state index contributed by atoms with van der Waals surface area (Å²) in [6.07, 6.45) is 0. The van der Waals surface area contributed by atoms with Crippen molar-refractivity contribution in [3.05, 3.63) is 53.6 Å². The first-order valence-electron chi connectivity index (χ1n) is 6.84. The summed E-state index contributed by atoms with van der Waals surface area (Å²) in [4.78, 5) is 12.5. The minimum absolute atomic E-state index is 0. The number of nitrogens with two attached hydrogens (primary N) is 1. The number of rotatable bonds is 4. The molecular weight excluding hydrogens is 362 g/mol. The van der Waals surface area contributed by atoms with Gasteiger partial charge in [0.15, 0.2) is 5.78 Å². The van der Waals surface area contributed by atoms with Crippen molar-refractivity contribution in [2.24, 2.45) is 5.73 Å². The average molecular weight is 382 g/mol. The number of hydrogen-bond donors (Lipinski definition) is 4. The van der Waals surface area contributed by atoms with E-state index in [9.17, 15) is 20.1 Å². The quantitative estimate of drug-likeness (QED) is 0.609. The lowest BCUT2D eigenvalue weighted by molar-refractivity contribution is 0.0926. The first kappa shape index (κ1) is 19.0. The van der Waals surface area contributed by atoms with Crippen LogP contribution in [0.25, 0.3) is 0 Å². The molecule has 0 bridgehead atoms. The standard InChI is InChI=1S/C17H19NO4.BrH/c1-17(2,11-3-5-12(19)6-4-11)16(18)15(22)10-7-13(20)9-14(21)8-10;/h3-9,16,19-21H,18H2,1-2H3;1H. The van der Waals surface area contributed by atoms with E-state index in [0.29, 0.717) is 0 Å². The van der Waals surface area contributed by atoms with E-state index >= 15 is 0 Å². The molecule has 0 aromatic heterocycles. The summed E-state index contributed by atoms with van der Waals surface area (Å²) in [6, 6.07) is 9.31. The molecule has 124 valence electrons. The van der Waals surface area contributed by atoms with E-state index in [0.717, 1.165) is 11.6 Å². The van der Waals surface area contributed by atoms with Gasteiger partial charge < -0.3 is 21.1 Å². The number of benzene rings is 2. The summed E-state index contributed by atoms with van der Waals surface area (Å²) >= 11 is 0. The van der Waals surface area contributed by atoms with Crippen molar-refractivity contribution in [3.8, 4) is 17.2 Å². The second-order valence-electron chi connectivity index (χ2n) is 5.85. The van der Waals surface area contributed by atoms with E-state index in [2.05, 4.69) is 0 Å². The Hall–Kier alpha value is -2.05. The number of carbonyl (C=O) groups is 1. The third-order valence-corrected chi connectivity index (χ3v) is 3.86. The van der Waals surface area contributed by atoms with Crippen molar-refractivity contribution in [1.82, 2.24) is 0 Å². The molecule has 23 heavy (non-hydrogen) atoms. The van der Waals surface area contributed by atoms with Crippen LogP contribution in [0.15, 0.2) is 42.5 Å². The molecule has 5 N–H and O–H groups in total. The van der Waals surface area contributed by atoms with Gasteiger partial charge in [0.05, 0.1) is 6.04 Å². The van der Waals surface area contributed by atoms with Crippen molar-refractivity contribution < 1.29 is 20.1 Å². The number of phenols is 3. The van der Waals surface area contributed by atoms with Crippen LogP contribution in [0.5, 0.6) is 17.2 Å². The smallest absolute Gasteiger partial charge is 0.180 e. The number of ketones is 1. The summed E-state index contributed by atoms with van der Waals surface area (Å²) in [5, 5.41) is 28.3. The van der Waals surface area contributed by atoms with Crippen LogP contribution in [0.3, 0.4) is 0 Å². The summed E-state index contributed by atoms with van der Waals surface area (Å²) in [5.74, 6) is -0.641. The Kier molecular flexibility index (Phi) is 5.80. The Bertz CT molecular complexity index is 678. The molecule has 2 aromatic rings. The first-order chi connectivity index (χ1) is 10.2. The van der Waals surface area contributed by atoms with Crippen LogP contribution in [-0.4, -0.2) is 27.1 Å². The van der Waals surface area contributed by atoms with Crippen molar-refractivity contribution in [2.75, 3.05) is 0 Å². The lowest BCUT2D eigenvalue weighted by Gasteiger charge is -2.31. The molecule has 0 fully saturated rings. The second kappa shape index (κ2) is 7.02. The summed E-state index contributed by atoms with van der Waals surface area (Å²) in [5.41, 5.74) is 6.38. The third kappa shape index (κ3) is 4.03. The zero-order chi connectivity index (χ0) is 16.5. The maximum Gasteiger partial charge on any atom is 0.180 e. The lowest BCUT2D eigenvalue weighted by atomic mass is 9.75. The van der Waals surface area contributed by atoms with Crippen LogP contribution in [-0.2, 0) is 5.41 Å². The minimum atomic E-state index is -0.877. The lowest BCUT2D eigenvalue weighted by Crippen LogP contribution is -2.46. The molecule has 0 saturated carbocycles. The number of Topliss-reactive ketones (excluding diaryl/α,β-unsaturated/α-hetero) is 1. The number of carbonyl (C=O) groups excluding carboxylic acids is 1. The Morgan fingerprint density at radius 3 is 1.91 bits per heavy atom. The highest BCUT2D eigenvalue weighted by molar-refractivity contribution is 8.93. The number of hydrogen-bond acceptors (Lipinski definition) is 5. The molecule has 2 rings (SSSR count). The fraction of sp³-hybridized carbons (Fsp3) is 0.235. The molecular formula is C17H20BrNO4. The van der Waals surface area contributed by atoms with Crippen LogP contribution < -0.4 is 5.73 Å². The van der Waals surface area contributed by atoms with Crippen molar-refractivity contribution in [1.29, 1.82) is 0 Å². The van der Waals surface area contributed by atoms with E-state index in [1.54, 1.807) is 12.1 Å². The van der Waals surface area contributed by atoms with Gasteiger partial charge >= 0.3 is 0 Å². The van der Waals surface area contributed by atoms with Gasteiger partial charge in [-0.15, -0.1) is 17.0 Å². The van der Waals surface area contributed by atoms with Crippen LogP contribution in [0.1, 0.15) is 29.8 Å². The minimum Gasteiger partial charge on any atom is -0.508 e. The molecule has 0 heterocycles. The van der Waals surface area contributed by atoms with Crippen molar-refractivity contribution >= 4 is 22.8 Å². The zero-order valence-corrected chi connectivity index (χ0v) is 14.6. The molecule has 0 radical (unpaired) electrons. The monoisotopic (exact) mass is 381 g/mol. The molecule has 5 nitrogen and oxygen atoms in total. The summed E-state index contributed by atoms with van der Waals surface area (Å²) < 4.78 is 0. The van der Waals surface area contributed by atoms with Gasteiger partial charge in [-0.05, 0) is 29.8 Å². The first-order valence-corrected chi connectivity index (χ1v) is 6.84. The molecule has 0 saturated heterocycles. The SMILES string of the molecule is Br.CC(C)(c1ccc(O)cc1)C(N)C(=O)c1cc(O)cc(O)c1. The molecule has 1 unspecified atom stereocenters. The molecule has 1 atom stereocenters. The van der Waals surface area contributed by atoms with Crippen molar-refractivity contribution in [3.63, 3.8) is 0 Å². The normalized spacial score (nSPS) is 12.3. The maximum absolute atomic E-state index is 12.5. The average Bonchev–Trinajstić information content (AvgIpc) is 2.45. The predicted octanol–water partition coefficient (Wildman–Crippen LogP) is 2.87. The van der Waals surface area contributed by atoms with E-state index < -0.39 is 11.5 Å². The van der Waals surface area contributed by atoms with Gasteiger partial charge in [-0.25, -0.2) is 0 Å². The van der Waals surface area contributed by atoms with Gasteiger partial charge in [-0.1, -0.05) is 26.0 Å². The summed E-state index contributed by atoms with van der Waals surface area (Å²) in [6.45, 7) is 3.65. The molecule has 0 aliphatic rings. The van der Waals surface area contributed by atoms with Gasteiger partial charge in [0.1, 0.15) is 17.2 Å². The Morgan fingerprint density at radius 2 is 1.43 bits per heavy atom. The number of aromatic hydroxyl groups is 3. The summed E-state index contributed by atoms with van der Waals surface area (Å²) in [7, 11) is 0. The van der Waals surface area contributed by atoms with Crippen molar-refractivity contribution in [2.45, 2.75) is 25.3 Å². The molecule has 6 heteroatoms. The molecule has 0 aliphatic carbocycles. The topological polar surface area (TPSA) is 104 Å². The van der Waals surface area contributed by atoms with Gasteiger partial charge in [0, 0.05) is 17.0 Å². The van der Waals surface area contributed by atoms with Crippen LogP contribution in [0.2, 0.25) is 0 Å². The molecule has 0 aliphatic heterocycles. The van der Waals surface area contributed by atoms with Gasteiger partial charge in [-0.3, -0.25) is 4.79 Å². The third-order valence-electron chi connectivity index (χ3n) is 3.86. The Balaban J connectivity index is 0.00000264. The van der Waals surface area contributed by atoms with Crippen LogP contribution in [0, 0.1) is 0 Å². The largest absolute Gasteiger partial charge is 0.508 e. The zero-order valence-electron chi connectivity index (χ0n) is 12.9. The van der Waals surface area contributed by atoms with Crippen LogP contribution >= 0.6 is 17.0 Å². The molecule has 0 amide bonds. The maximum atomic E-state index is 12.5. The van der Waals surface area contributed by atoms with Gasteiger partial charge in [0.2, 0.25) is 0 Å². The predicted molar refractivity (Wildman–Crippen MR) is 93.5 cm³/mol. The van der Waals surface area contributed by atoms with Crippen LogP contribution in [0.4, 0.5) is 0 Å². The highest BCUT2D eigenvalue weighted by atomic mass is 79.9. The Morgan fingerprint density at radius 1 is 0.957 bits per heavy atom. The van der Waals surface area contributed by atoms with E-state index in [4.69, 9.17) is 5.73 Å². The number of halogens is 1. The van der Waals surface area contributed by atoms with E-state index in [1.807, 2.05) is 13.8 Å². The van der Waals surface area contributed by atoms with Gasteiger partial charge in [-0.2, -0.15) is 0 Å². The Labute approximate surface area is 145 Å². The molecule has 0 spiro atoms. The highest BCUT2D eigenvalue weighted by Gasteiger charge is 2.34. The second-order valence-corrected chi connectivity index (χ2v) is 5.85. The molecule has 2 aromatic carbocycles. The number of phenolic OH excluding ortho intramolecular Hbond substituents is 3. The van der Waals surface area contributed by atoms with E-state index in [-0.39, 0.29) is 45.6 Å². The van der Waals surface area contributed by atoms with Gasteiger partial charge in [0.25, 0.3) is 0 Å². The highest BCUT2D eigenvalue weighted by Crippen LogP contribution is 2.30. The fourth-order valence-corrected chi connectivity index (χ4v) is 2.32.